The first-order valence-electron chi connectivity index (χ1n) is 4.82. The molecule has 1 aromatic rings. The van der Waals surface area contributed by atoms with E-state index in [9.17, 15) is 4.79 Å². The van der Waals surface area contributed by atoms with Gasteiger partial charge in [-0.15, -0.1) is 0 Å². The molecule has 0 aromatic carbocycles. The Bertz CT molecular complexity index is 337. The number of pyridine rings is 1. The van der Waals surface area contributed by atoms with Crippen LogP contribution >= 0.6 is 15.9 Å². The first-order valence-corrected chi connectivity index (χ1v) is 5.61. The quantitative estimate of drug-likeness (QED) is 0.826. The van der Waals surface area contributed by atoms with E-state index in [2.05, 4.69) is 20.9 Å². The maximum Gasteiger partial charge on any atom is 0.165 e. The standard InChI is InChI=1S/C11H14BrNO2/c1-3-11(15-2)10(14)5-8-4-9(12)7-13-6-8/h4,6-7,11H,3,5H2,1-2H3. The van der Waals surface area contributed by atoms with E-state index in [1.54, 1.807) is 19.5 Å². The Morgan fingerprint density at radius 3 is 2.87 bits per heavy atom. The van der Waals surface area contributed by atoms with Crippen molar-refractivity contribution in [2.75, 3.05) is 7.11 Å². The number of carbonyl (C=O) groups excluding carboxylic acids is 1. The van der Waals surface area contributed by atoms with Crippen LogP contribution in [0.15, 0.2) is 22.9 Å². The van der Waals surface area contributed by atoms with Gasteiger partial charge in [-0.3, -0.25) is 9.78 Å². The first-order chi connectivity index (χ1) is 7.17. The van der Waals surface area contributed by atoms with Gasteiger partial charge in [0, 0.05) is 30.4 Å². The predicted molar refractivity (Wildman–Crippen MR) is 61.7 cm³/mol. The van der Waals surface area contributed by atoms with Gasteiger partial charge in [0.15, 0.2) is 5.78 Å². The van der Waals surface area contributed by atoms with Gasteiger partial charge < -0.3 is 4.74 Å². The average Bonchev–Trinajstić information content (AvgIpc) is 2.19. The summed E-state index contributed by atoms with van der Waals surface area (Å²) in [6, 6.07) is 1.90. The highest BCUT2D eigenvalue weighted by molar-refractivity contribution is 9.10. The summed E-state index contributed by atoms with van der Waals surface area (Å²) in [6.45, 7) is 1.94. The van der Waals surface area contributed by atoms with Crippen LogP contribution in [0.25, 0.3) is 0 Å². The largest absolute Gasteiger partial charge is 0.374 e. The zero-order valence-electron chi connectivity index (χ0n) is 8.87. The van der Waals surface area contributed by atoms with Crippen LogP contribution in [0.4, 0.5) is 0 Å². The lowest BCUT2D eigenvalue weighted by Gasteiger charge is -2.11. The number of hydrogen-bond acceptors (Lipinski definition) is 3. The Balaban J connectivity index is 2.65. The fourth-order valence-electron chi connectivity index (χ4n) is 1.39. The summed E-state index contributed by atoms with van der Waals surface area (Å²) in [4.78, 5) is 15.7. The zero-order chi connectivity index (χ0) is 11.3. The molecule has 0 saturated heterocycles. The topological polar surface area (TPSA) is 39.2 Å². The van der Waals surface area contributed by atoms with Crippen molar-refractivity contribution < 1.29 is 9.53 Å². The van der Waals surface area contributed by atoms with E-state index in [-0.39, 0.29) is 11.9 Å². The van der Waals surface area contributed by atoms with Crippen molar-refractivity contribution >= 4 is 21.7 Å². The third-order valence-corrected chi connectivity index (χ3v) is 2.59. The Hall–Kier alpha value is -0.740. The summed E-state index contributed by atoms with van der Waals surface area (Å²) in [6.07, 6.45) is 4.17. The second kappa shape index (κ2) is 5.98. The van der Waals surface area contributed by atoms with Crippen molar-refractivity contribution in [1.29, 1.82) is 0 Å². The Labute approximate surface area is 98.0 Å². The lowest BCUT2D eigenvalue weighted by atomic mass is 10.1. The number of methoxy groups -OCH3 is 1. The molecule has 4 heteroatoms. The maximum atomic E-state index is 11.7. The van der Waals surface area contributed by atoms with Crippen LogP contribution in [0.3, 0.4) is 0 Å². The minimum absolute atomic E-state index is 0.0971. The van der Waals surface area contributed by atoms with Crippen molar-refractivity contribution in [3.8, 4) is 0 Å². The van der Waals surface area contributed by atoms with Crippen molar-refractivity contribution in [1.82, 2.24) is 4.98 Å². The SMILES string of the molecule is CCC(OC)C(=O)Cc1cncc(Br)c1. The van der Waals surface area contributed by atoms with Crippen LogP contribution in [0.5, 0.6) is 0 Å². The molecule has 0 radical (unpaired) electrons. The van der Waals surface area contributed by atoms with Gasteiger partial charge >= 0.3 is 0 Å². The van der Waals surface area contributed by atoms with Crippen LogP contribution < -0.4 is 0 Å². The van der Waals surface area contributed by atoms with Gasteiger partial charge in [0.1, 0.15) is 6.10 Å². The minimum atomic E-state index is -0.302. The lowest BCUT2D eigenvalue weighted by molar-refractivity contribution is -0.128. The number of aromatic nitrogens is 1. The number of nitrogens with zero attached hydrogens (tertiary/aromatic N) is 1. The second-order valence-electron chi connectivity index (χ2n) is 3.29. The molecule has 0 spiro atoms. The average molecular weight is 272 g/mol. The lowest BCUT2D eigenvalue weighted by Crippen LogP contribution is -2.23. The Morgan fingerprint density at radius 2 is 2.33 bits per heavy atom. The van der Waals surface area contributed by atoms with Crippen molar-refractivity contribution in [2.24, 2.45) is 0 Å². The minimum Gasteiger partial charge on any atom is -0.374 e. The molecule has 0 bridgehead atoms. The van der Waals surface area contributed by atoms with E-state index >= 15 is 0 Å². The highest BCUT2D eigenvalue weighted by Gasteiger charge is 2.15. The fraction of sp³-hybridized carbons (Fsp3) is 0.455. The van der Waals surface area contributed by atoms with E-state index in [4.69, 9.17) is 4.74 Å². The third-order valence-electron chi connectivity index (χ3n) is 2.15. The van der Waals surface area contributed by atoms with Crippen LogP contribution in [-0.4, -0.2) is 24.0 Å². The number of ketones is 1. The molecule has 1 rings (SSSR count). The molecular formula is C11H14BrNO2. The monoisotopic (exact) mass is 271 g/mol. The molecule has 1 atom stereocenters. The molecule has 3 nitrogen and oxygen atoms in total. The summed E-state index contributed by atoms with van der Waals surface area (Å²) in [5, 5.41) is 0. The van der Waals surface area contributed by atoms with Gasteiger partial charge in [-0.2, -0.15) is 0 Å². The highest BCUT2D eigenvalue weighted by atomic mass is 79.9. The van der Waals surface area contributed by atoms with Crippen molar-refractivity contribution in [3.05, 3.63) is 28.5 Å². The van der Waals surface area contributed by atoms with Crippen molar-refractivity contribution in [3.63, 3.8) is 0 Å². The summed E-state index contributed by atoms with van der Waals surface area (Å²) in [5.74, 6) is 0.0971. The van der Waals surface area contributed by atoms with E-state index in [1.165, 1.54) is 0 Å². The van der Waals surface area contributed by atoms with Gasteiger partial charge in [0.25, 0.3) is 0 Å². The molecule has 0 N–H and O–H groups in total. The third kappa shape index (κ3) is 3.72. The second-order valence-corrected chi connectivity index (χ2v) is 4.20. The summed E-state index contributed by atoms with van der Waals surface area (Å²) >= 11 is 3.32. The maximum absolute atomic E-state index is 11.7. The molecule has 1 unspecified atom stereocenters. The number of Topliss-reactive ketones (excluding diaryl/α,β-unsaturated/α-hetero) is 1. The molecule has 1 aromatic heterocycles. The van der Waals surface area contributed by atoms with Gasteiger partial charge in [0.2, 0.25) is 0 Å². The molecule has 82 valence electrons. The molecular weight excluding hydrogens is 258 g/mol. The van der Waals surface area contributed by atoms with Crippen LogP contribution in [0.2, 0.25) is 0 Å². The van der Waals surface area contributed by atoms with E-state index < -0.39 is 0 Å². The van der Waals surface area contributed by atoms with Gasteiger partial charge in [-0.25, -0.2) is 0 Å². The van der Waals surface area contributed by atoms with E-state index in [1.807, 2.05) is 13.0 Å². The molecule has 0 aliphatic rings. The fourth-order valence-corrected chi connectivity index (χ4v) is 1.81. The van der Waals surface area contributed by atoms with Crippen LogP contribution in [0, 0.1) is 0 Å². The summed E-state index contributed by atoms with van der Waals surface area (Å²) < 4.78 is 5.97. The Morgan fingerprint density at radius 1 is 1.60 bits per heavy atom. The molecule has 0 aliphatic heterocycles. The smallest absolute Gasteiger partial charge is 0.165 e. The van der Waals surface area contributed by atoms with Crippen LogP contribution in [0.1, 0.15) is 18.9 Å². The first kappa shape index (κ1) is 12.3. The van der Waals surface area contributed by atoms with Crippen molar-refractivity contribution in [2.45, 2.75) is 25.9 Å². The number of ether oxygens (including phenoxy) is 1. The number of carbonyl (C=O) groups is 1. The van der Waals surface area contributed by atoms with Gasteiger partial charge in [0.05, 0.1) is 0 Å². The summed E-state index contributed by atoms with van der Waals surface area (Å²) in [7, 11) is 1.56. The molecule has 15 heavy (non-hydrogen) atoms. The number of rotatable bonds is 5. The van der Waals surface area contributed by atoms with Gasteiger partial charge in [-0.1, -0.05) is 6.92 Å². The summed E-state index contributed by atoms with van der Waals surface area (Å²) in [5.41, 5.74) is 0.907. The number of hydrogen-bond donors (Lipinski definition) is 0. The molecule has 1 heterocycles. The molecule has 0 aliphatic carbocycles. The Kier molecular flexibility index (Phi) is 4.91. The molecule has 0 fully saturated rings. The molecule has 0 saturated carbocycles. The highest BCUT2D eigenvalue weighted by Crippen LogP contribution is 2.11. The zero-order valence-corrected chi connectivity index (χ0v) is 10.5. The van der Waals surface area contributed by atoms with E-state index in [0.29, 0.717) is 12.8 Å². The number of halogens is 1. The predicted octanol–water partition coefficient (Wildman–Crippen LogP) is 2.38. The van der Waals surface area contributed by atoms with E-state index in [0.717, 1.165) is 10.0 Å². The van der Waals surface area contributed by atoms with Crippen LogP contribution in [-0.2, 0) is 16.0 Å². The van der Waals surface area contributed by atoms with Gasteiger partial charge in [-0.05, 0) is 34.0 Å². The molecule has 0 amide bonds. The normalized spacial score (nSPS) is 12.5.